The molecule has 0 saturated heterocycles. The maximum Gasteiger partial charge on any atom is 0.154 e. The molecule has 25 rings (SSSR count). The Labute approximate surface area is 808 Å². The van der Waals surface area contributed by atoms with Gasteiger partial charge in [0.25, 0.3) is 0 Å². The van der Waals surface area contributed by atoms with Crippen molar-refractivity contribution < 1.29 is 15.3 Å². The Kier molecular flexibility index (Phi) is 27.2. The maximum atomic E-state index is 9.69. The molecule has 9 N–H and O–H groups in total. The van der Waals surface area contributed by atoms with E-state index in [9.17, 15) is 15.3 Å². The number of hydrogen-bond donors (Lipinski definition) is 9. The van der Waals surface area contributed by atoms with Gasteiger partial charge in [-0.1, -0.05) is 27.8 Å². The molecule has 4 fully saturated rings. The van der Waals surface area contributed by atoms with E-state index >= 15 is 0 Å². The fraction of sp³-hybridized carbons (Fsp3) is 0.317. The van der Waals surface area contributed by atoms with Gasteiger partial charge in [0.2, 0.25) is 0 Å². The van der Waals surface area contributed by atoms with Crippen LogP contribution in [0, 0.1) is 47.5 Å². The molecule has 0 bridgehead atoms. The van der Waals surface area contributed by atoms with Gasteiger partial charge in [0.15, 0.2) is 34.1 Å². The molecule has 29 nitrogen and oxygen atoms in total. The highest BCUT2D eigenvalue weighted by atomic mass is 32.1. The second-order valence-electron chi connectivity index (χ2n) is 36.2. The number of H-pyrrole nitrogens is 1. The van der Waals surface area contributed by atoms with E-state index in [1.54, 1.807) is 45.3 Å². The van der Waals surface area contributed by atoms with Crippen molar-refractivity contribution in [3.8, 4) is 53.7 Å². The molecule has 0 spiro atoms. The fourth-order valence-corrected chi connectivity index (χ4v) is 22.8. The molecule has 33 heteroatoms. The van der Waals surface area contributed by atoms with Gasteiger partial charge in [0, 0.05) is 138 Å². The summed E-state index contributed by atoms with van der Waals surface area (Å²) in [4.78, 5) is 52.0. The van der Waals surface area contributed by atoms with Crippen molar-refractivity contribution in [2.75, 3.05) is 26.6 Å². The molecule has 4 aliphatic rings. The number of aliphatic hydroxyl groups is 3. The minimum Gasteiger partial charge on any atom is -0.393 e. The van der Waals surface area contributed by atoms with E-state index in [1.807, 2.05) is 189 Å². The number of benzene rings is 1. The first kappa shape index (κ1) is 92.4. The van der Waals surface area contributed by atoms with Gasteiger partial charge < -0.3 is 46.9 Å². The third kappa shape index (κ3) is 20.2. The van der Waals surface area contributed by atoms with Crippen LogP contribution in [-0.4, -0.2) is 161 Å². The molecule has 21 aromatic rings. The lowest BCUT2D eigenvalue weighted by Gasteiger charge is -2.27. The van der Waals surface area contributed by atoms with Crippen molar-refractivity contribution in [2.45, 2.75) is 209 Å². The minimum atomic E-state index is -0.154. The largest absolute Gasteiger partial charge is 0.393 e. The van der Waals surface area contributed by atoms with Crippen LogP contribution in [0.4, 0.5) is 34.8 Å². The lowest BCUT2D eigenvalue weighted by atomic mass is 9.87. The number of aliphatic hydroxyl groups excluding tert-OH is 3. The Morgan fingerprint density at radius 2 is 0.642 bits per heavy atom. The normalized spacial score (nSPS) is 18.3. The molecule has 20 aromatic heterocycles. The van der Waals surface area contributed by atoms with E-state index in [4.69, 9.17) is 25.5 Å². The number of rotatable bonds is 15. The van der Waals surface area contributed by atoms with Gasteiger partial charge in [-0.25, -0.2) is 47.5 Å². The van der Waals surface area contributed by atoms with Gasteiger partial charge in [-0.2, -0.15) is 0 Å². The lowest BCUT2D eigenvalue weighted by Crippen LogP contribution is -2.28. The quantitative estimate of drug-likeness (QED) is 0.0460. The molecule has 4 aliphatic carbocycles. The molecule has 700 valence electrons. The molecule has 4 saturated carbocycles. The van der Waals surface area contributed by atoms with Crippen molar-refractivity contribution in [2.24, 2.45) is 5.92 Å². The first-order valence-electron chi connectivity index (χ1n) is 46.4. The number of aromatic amines is 1. The molecule has 0 unspecified atom stereocenters. The molecule has 0 amide bonds. The number of fused-ring (bicyclic) bond motifs is 10. The van der Waals surface area contributed by atoms with Crippen LogP contribution in [0.2, 0.25) is 0 Å². The van der Waals surface area contributed by atoms with E-state index in [1.165, 1.54) is 82.6 Å². The Morgan fingerprint density at radius 1 is 0.307 bits per heavy atom. The van der Waals surface area contributed by atoms with Gasteiger partial charge in [-0.05, 0) is 293 Å². The summed E-state index contributed by atoms with van der Waals surface area (Å²) in [5, 5.41) is 76.3. The summed E-state index contributed by atoms with van der Waals surface area (Å²) in [6, 6.07) is 40.6. The second kappa shape index (κ2) is 40.3. The average Bonchev–Trinajstić information content (AvgIpc) is 1.65. The van der Waals surface area contributed by atoms with Crippen LogP contribution < -0.4 is 26.6 Å². The van der Waals surface area contributed by atoms with Crippen LogP contribution >= 0.6 is 45.3 Å². The molecular formula is C104H112N26O3S4. The number of hydrogen-bond acceptors (Lipinski definition) is 27. The second-order valence-corrected chi connectivity index (χ2v) is 40.5. The molecule has 1 aromatic carbocycles. The highest BCUT2D eigenvalue weighted by Crippen LogP contribution is 2.41. The Hall–Kier alpha value is -13.7. The zero-order valence-corrected chi connectivity index (χ0v) is 79.2. The van der Waals surface area contributed by atoms with Crippen molar-refractivity contribution >= 4 is 160 Å². The summed E-state index contributed by atoms with van der Waals surface area (Å²) in [5.41, 5.74) is 19.4. The number of nitrogens with zero attached hydrogens (tertiary/aromatic N) is 20. The first-order chi connectivity index (χ1) is 65.8. The molecule has 20 heterocycles. The highest BCUT2D eigenvalue weighted by Gasteiger charge is 2.27. The van der Waals surface area contributed by atoms with Gasteiger partial charge in [0.05, 0.1) is 80.0 Å². The van der Waals surface area contributed by atoms with Crippen LogP contribution in [0.3, 0.4) is 0 Å². The van der Waals surface area contributed by atoms with E-state index in [0.29, 0.717) is 24.2 Å². The monoisotopic (exact) mass is 1900 g/mol. The molecular weight excluding hydrogens is 1790 g/mol. The molecule has 0 aliphatic heterocycles. The van der Waals surface area contributed by atoms with Crippen LogP contribution in [0.25, 0.3) is 133 Å². The van der Waals surface area contributed by atoms with Gasteiger partial charge in [-0.3, -0.25) is 24.9 Å². The Balaban J connectivity index is 0.000000109. The Bertz CT molecular complexity index is 7090. The number of aromatic nitrogens is 21. The van der Waals surface area contributed by atoms with Gasteiger partial charge in [-0.15, -0.1) is 70.8 Å². The van der Waals surface area contributed by atoms with Crippen LogP contribution in [0.1, 0.15) is 158 Å². The molecule has 0 radical (unpaired) electrons. The summed E-state index contributed by atoms with van der Waals surface area (Å²) in [5.74, 6) is 5.10. The minimum absolute atomic E-state index is 0. The Morgan fingerprint density at radius 3 is 1.02 bits per heavy atom. The van der Waals surface area contributed by atoms with Crippen LogP contribution in [0.15, 0.2) is 208 Å². The van der Waals surface area contributed by atoms with E-state index in [0.717, 1.165) is 227 Å². The first-order valence-corrected chi connectivity index (χ1v) is 49.6. The van der Waals surface area contributed by atoms with Crippen molar-refractivity contribution in [3.05, 3.63) is 242 Å². The van der Waals surface area contributed by atoms with Gasteiger partial charge >= 0.3 is 0 Å². The fourth-order valence-electron chi connectivity index (χ4n) is 18.5. The summed E-state index contributed by atoms with van der Waals surface area (Å²) < 4.78 is 14.5. The van der Waals surface area contributed by atoms with Crippen LogP contribution in [0.5, 0.6) is 0 Å². The topological polar surface area (TPSA) is 352 Å². The summed E-state index contributed by atoms with van der Waals surface area (Å²) in [7, 11) is 0. The number of anilines is 6. The predicted octanol–water partition coefficient (Wildman–Crippen LogP) is 23.3. The lowest BCUT2D eigenvalue weighted by molar-refractivity contribution is 0.125. The number of thiophene rings is 4. The standard InChI is InChI=1S/C21H23N5S.C21H17N5S.C20H22N6O.2C20H21N5OS.2CH4/c1-13-3-5-16(6-4-13)24-19-7-8-20-23-12-17(26(20)25-19)18-9-15-11-22-10-14(2)21(15)27-18;1-13-3-4-16(9-14(13)2)24-20-5-6-21-23-12-17(26(21)25-20)19-10-15-11-22-8-7-18(15)27-19;1-12-9-21-10-13-8-16(24-20(12)13)17-11-22-19-7-6-18(25-26(17)19)23-14-2-4-15(27)5-3-14;2*1-12-9-21-10-13-8-17(27-20(12)13)16-11-22-19-7-6-18(24-25(16)19)23-14-2-4-15(26)5-3-14;;/h7-13,16H,3-6H2,1-2H3,(H,24,25);3-12H,1-2H3,(H,24,25);6-11,14-15,24,27H,2-5H2,1H3,(H,23,25);2*6-11,14-15,26H,2-5H2,1H3,(H,23,24);2*1H4. The van der Waals surface area contributed by atoms with E-state index in [-0.39, 0.29) is 33.2 Å². The SMILES string of the molecule is C.C.Cc1ccc(Nc2ccc3ncc(-c4cc5cnccc5s4)n3n2)cc1C.Cc1cncc2cc(-c3cnc4ccc(NC5CCC(C)CC5)nn34)sc12.Cc1cncc2cc(-c3cnc4ccc(NC5CCC(O)CC5)nn34)[nH]c12.Cc1cncc2cc(-c3cnc4ccc(NC5CCC(O)CC5)nn34)sc12.Cc1cncc2cc(-c3cnc4ccc(NC5CCC(O)CC5)nn34)sc12. The number of nitrogens with one attached hydrogen (secondary N) is 6. The third-order valence-corrected chi connectivity index (χ3v) is 31.3. The van der Waals surface area contributed by atoms with Crippen molar-refractivity contribution in [3.63, 3.8) is 0 Å². The number of pyridine rings is 5. The zero-order valence-electron chi connectivity index (χ0n) is 76.0. The predicted molar refractivity (Wildman–Crippen MR) is 557 cm³/mol. The van der Waals surface area contributed by atoms with Crippen molar-refractivity contribution in [1.29, 1.82) is 0 Å². The number of imidazole rings is 5. The van der Waals surface area contributed by atoms with Crippen molar-refractivity contribution in [1.82, 2.24) is 103 Å². The van der Waals surface area contributed by atoms with E-state index in [2.05, 4.69) is 171 Å². The summed E-state index contributed by atoms with van der Waals surface area (Å²) >= 11 is 7.00. The summed E-state index contributed by atoms with van der Waals surface area (Å²) in [6.07, 6.45) is 43.8. The third-order valence-electron chi connectivity index (χ3n) is 26.2. The maximum absolute atomic E-state index is 9.69. The molecule has 0 atom stereocenters. The zero-order chi connectivity index (χ0) is 91.9. The average molecular weight is 1900 g/mol. The van der Waals surface area contributed by atoms with E-state index < -0.39 is 0 Å². The molecule has 137 heavy (non-hydrogen) atoms. The smallest absolute Gasteiger partial charge is 0.154 e. The summed E-state index contributed by atoms with van der Waals surface area (Å²) in [6.45, 7) is 14.9. The number of aryl methyl sites for hydroxylation is 6. The highest BCUT2D eigenvalue weighted by molar-refractivity contribution is 7.23. The van der Waals surface area contributed by atoms with Crippen LogP contribution in [-0.2, 0) is 0 Å². The van der Waals surface area contributed by atoms with Gasteiger partial charge in [0.1, 0.15) is 51.7 Å².